The van der Waals surface area contributed by atoms with Crippen LogP contribution in [0.5, 0.6) is 0 Å². The molecule has 1 heterocycles. The first-order chi connectivity index (χ1) is 21.4. The van der Waals surface area contributed by atoms with Gasteiger partial charge in [0.05, 0.1) is 12.3 Å². The van der Waals surface area contributed by atoms with E-state index in [1.165, 1.54) is 24.4 Å². The van der Waals surface area contributed by atoms with E-state index in [0.29, 0.717) is 6.54 Å². The fourth-order valence-electron chi connectivity index (χ4n) is 6.98. The number of fused-ring (bicyclic) bond motifs is 1. The van der Waals surface area contributed by atoms with Gasteiger partial charge in [0.1, 0.15) is 12.1 Å². The lowest BCUT2D eigenvalue weighted by atomic mass is 9.83. The Kier molecular flexibility index (Phi) is 12.8. The van der Waals surface area contributed by atoms with Crippen molar-refractivity contribution in [3.05, 3.63) is 12.7 Å². The summed E-state index contributed by atoms with van der Waals surface area (Å²) in [6, 6.07) is -3.93. The fourth-order valence-corrected chi connectivity index (χ4v) is 7.40. The van der Waals surface area contributed by atoms with Gasteiger partial charge in [0.2, 0.25) is 27.6 Å². The molecule has 13 nitrogen and oxygen atoms in total. The largest absolute Gasteiger partial charge is 0.346 e. The summed E-state index contributed by atoms with van der Waals surface area (Å²) < 4.78 is 25.4. The van der Waals surface area contributed by atoms with Crippen LogP contribution in [0.1, 0.15) is 79.1 Å². The van der Waals surface area contributed by atoms with Crippen molar-refractivity contribution in [2.24, 2.45) is 23.2 Å². The SMILES string of the molecule is C=CCNC(=O)C(=O)C(C)NC(=O)[C@@H]1[C@H]2CCC[C@H]2CN1C(=O)[C@@H](NC(=O)N[C@H](CN(C)S(C)(=O)=O)C(C)(C)C)C1CCCCC1. The van der Waals surface area contributed by atoms with Gasteiger partial charge in [-0.3, -0.25) is 19.2 Å². The van der Waals surface area contributed by atoms with E-state index in [1.807, 2.05) is 20.8 Å². The minimum Gasteiger partial charge on any atom is -0.346 e. The molecule has 0 radical (unpaired) electrons. The summed E-state index contributed by atoms with van der Waals surface area (Å²) in [6.07, 6.45) is 9.51. The van der Waals surface area contributed by atoms with Crippen molar-refractivity contribution in [3.63, 3.8) is 0 Å². The highest BCUT2D eigenvalue weighted by Gasteiger charge is 2.51. The second-order valence-electron chi connectivity index (χ2n) is 14.3. The van der Waals surface area contributed by atoms with Crippen molar-refractivity contribution in [1.82, 2.24) is 30.5 Å². The van der Waals surface area contributed by atoms with E-state index in [0.717, 1.165) is 57.6 Å². The lowest BCUT2D eigenvalue weighted by Crippen LogP contribution is -2.61. The first kappa shape index (κ1) is 37.5. The molecule has 0 aromatic rings. The molecule has 2 saturated carbocycles. The average molecular weight is 667 g/mol. The lowest BCUT2D eigenvalue weighted by molar-refractivity contribution is -0.144. The summed E-state index contributed by atoms with van der Waals surface area (Å²) in [6.45, 7) is 11.2. The van der Waals surface area contributed by atoms with Crippen molar-refractivity contribution in [1.29, 1.82) is 0 Å². The number of hydrogen-bond donors (Lipinski definition) is 4. The molecule has 1 unspecified atom stereocenters. The Labute approximate surface area is 274 Å². The van der Waals surface area contributed by atoms with Crippen LogP contribution in [-0.2, 0) is 29.2 Å². The van der Waals surface area contributed by atoms with E-state index in [-0.39, 0.29) is 36.8 Å². The number of rotatable bonds is 13. The molecule has 3 rings (SSSR count). The zero-order chi connectivity index (χ0) is 34.4. The predicted molar refractivity (Wildman–Crippen MR) is 175 cm³/mol. The molecule has 4 N–H and O–H groups in total. The summed E-state index contributed by atoms with van der Waals surface area (Å²) in [5.74, 6) is -2.52. The molecule has 5 amide bonds. The fraction of sp³-hybridized carbons (Fsp3) is 0.781. The number of carbonyl (C=O) groups excluding carboxylic acids is 5. The van der Waals surface area contributed by atoms with Crippen LogP contribution in [0, 0.1) is 23.2 Å². The quantitative estimate of drug-likeness (QED) is 0.170. The van der Waals surface area contributed by atoms with Crippen molar-refractivity contribution < 1.29 is 32.4 Å². The van der Waals surface area contributed by atoms with Gasteiger partial charge in [-0.25, -0.2) is 17.5 Å². The summed E-state index contributed by atoms with van der Waals surface area (Å²) in [5, 5.41) is 11.0. The average Bonchev–Trinajstić information content (AvgIpc) is 3.58. The van der Waals surface area contributed by atoms with Gasteiger partial charge in [0.25, 0.3) is 5.91 Å². The number of nitrogens with one attached hydrogen (secondary N) is 4. The standard InChI is InChI=1S/C32H54N6O7S/c1-8-17-33-29(41)27(39)20(2)34-28(40)26-23-16-12-15-22(23)18-38(26)30(42)25(21-13-10-9-11-14-21)36-31(43)35-24(32(3,4)5)19-37(6)46(7,44)45/h8,20-26H,1,9-19H2,2-7H3,(H,33,41)(H,34,40)(H2,35,36,43)/t20?,22-,23-,24+,25-,26-/m0/s1. The first-order valence-electron chi connectivity index (χ1n) is 16.5. The number of amides is 5. The van der Waals surface area contributed by atoms with Gasteiger partial charge in [0.15, 0.2) is 0 Å². The predicted octanol–water partition coefficient (Wildman–Crippen LogP) is 1.54. The highest BCUT2D eigenvalue weighted by atomic mass is 32.2. The number of Topliss-reactive ketones (excluding diaryl/α,β-unsaturated/α-hetero) is 1. The van der Waals surface area contributed by atoms with Gasteiger partial charge < -0.3 is 26.2 Å². The van der Waals surface area contributed by atoms with Crippen LogP contribution < -0.4 is 21.3 Å². The number of urea groups is 1. The molecule has 6 atom stereocenters. The maximum atomic E-state index is 14.4. The number of sulfonamides is 1. The van der Waals surface area contributed by atoms with Crippen molar-refractivity contribution >= 4 is 39.6 Å². The van der Waals surface area contributed by atoms with Crippen LogP contribution in [0.4, 0.5) is 4.79 Å². The minimum atomic E-state index is -3.49. The van der Waals surface area contributed by atoms with Gasteiger partial charge >= 0.3 is 6.03 Å². The second-order valence-corrected chi connectivity index (χ2v) is 16.4. The Balaban J connectivity index is 1.83. The molecule has 0 aromatic carbocycles. The van der Waals surface area contributed by atoms with Crippen LogP contribution in [0.2, 0.25) is 0 Å². The third-order valence-corrected chi connectivity index (χ3v) is 11.1. The highest BCUT2D eigenvalue weighted by Crippen LogP contribution is 2.43. The molecule has 2 aliphatic carbocycles. The molecular formula is C32H54N6O7S. The Bertz CT molecular complexity index is 1260. The monoisotopic (exact) mass is 666 g/mol. The summed E-state index contributed by atoms with van der Waals surface area (Å²) >= 11 is 0. The van der Waals surface area contributed by atoms with Gasteiger partial charge in [-0.15, -0.1) is 6.58 Å². The molecule has 1 aliphatic heterocycles. The molecule has 14 heteroatoms. The van der Waals surface area contributed by atoms with Crippen LogP contribution in [0.15, 0.2) is 12.7 Å². The van der Waals surface area contributed by atoms with E-state index in [9.17, 15) is 32.4 Å². The van der Waals surface area contributed by atoms with Crippen LogP contribution in [0.3, 0.4) is 0 Å². The molecule has 0 bridgehead atoms. The number of hydrogen-bond acceptors (Lipinski definition) is 7. The Morgan fingerprint density at radius 1 is 0.978 bits per heavy atom. The third-order valence-electron chi connectivity index (χ3n) is 9.86. The number of ketones is 1. The van der Waals surface area contributed by atoms with Gasteiger partial charge in [-0.2, -0.15) is 0 Å². The first-order valence-corrected chi connectivity index (χ1v) is 18.3. The van der Waals surface area contributed by atoms with E-state index in [4.69, 9.17) is 0 Å². The summed E-state index contributed by atoms with van der Waals surface area (Å²) in [4.78, 5) is 68.2. The topological polar surface area (TPSA) is 174 Å². The van der Waals surface area contributed by atoms with Crippen molar-refractivity contribution in [2.45, 2.75) is 103 Å². The van der Waals surface area contributed by atoms with Gasteiger partial charge in [0, 0.05) is 32.7 Å². The maximum Gasteiger partial charge on any atom is 0.315 e. The molecule has 46 heavy (non-hydrogen) atoms. The normalized spacial score (nSPS) is 24.0. The van der Waals surface area contributed by atoms with Crippen LogP contribution in [0.25, 0.3) is 0 Å². The molecule has 0 spiro atoms. The smallest absolute Gasteiger partial charge is 0.315 e. The van der Waals surface area contributed by atoms with Gasteiger partial charge in [-0.05, 0) is 55.8 Å². The number of likely N-dealkylation sites (N-methyl/N-ethyl adjacent to an activating group) is 1. The number of nitrogens with zero attached hydrogens (tertiary/aromatic N) is 2. The zero-order valence-electron chi connectivity index (χ0n) is 28.3. The zero-order valence-corrected chi connectivity index (χ0v) is 29.1. The van der Waals surface area contributed by atoms with Gasteiger partial charge in [-0.1, -0.05) is 52.5 Å². The van der Waals surface area contributed by atoms with Crippen LogP contribution >= 0.6 is 0 Å². The minimum absolute atomic E-state index is 0.0536. The third kappa shape index (κ3) is 9.52. The molecule has 1 saturated heterocycles. The maximum absolute atomic E-state index is 14.4. The van der Waals surface area contributed by atoms with Crippen LogP contribution in [-0.4, -0.2) is 104 Å². The lowest BCUT2D eigenvalue weighted by Gasteiger charge is -2.37. The Morgan fingerprint density at radius 3 is 2.22 bits per heavy atom. The van der Waals surface area contributed by atoms with E-state index in [2.05, 4.69) is 27.8 Å². The van der Waals surface area contributed by atoms with Crippen molar-refractivity contribution in [2.75, 3.05) is 32.9 Å². The highest BCUT2D eigenvalue weighted by molar-refractivity contribution is 7.88. The van der Waals surface area contributed by atoms with E-state index >= 15 is 0 Å². The number of likely N-dealkylation sites (tertiary alicyclic amines) is 1. The Hall–Kier alpha value is -3.00. The van der Waals surface area contributed by atoms with E-state index < -0.39 is 63.2 Å². The van der Waals surface area contributed by atoms with Crippen molar-refractivity contribution in [3.8, 4) is 0 Å². The Morgan fingerprint density at radius 2 is 1.63 bits per heavy atom. The molecule has 3 fully saturated rings. The molecular weight excluding hydrogens is 612 g/mol. The molecule has 3 aliphatic rings. The van der Waals surface area contributed by atoms with E-state index in [1.54, 1.807) is 4.90 Å². The summed E-state index contributed by atoms with van der Waals surface area (Å²) in [7, 11) is -2.03. The summed E-state index contributed by atoms with van der Waals surface area (Å²) in [5.41, 5.74) is -0.493. The molecule has 0 aromatic heterocycles. The number of carbonyl (C=O) groups is 5. The molecule has 260 valence electrons. The second kappa shape index (κ2) is 15.7.